The molecule has 84 valence electrons. The standard InChI is InChI=1S/C10H16BrN3O/c1-3-9(11)4-5-12-10(15)8-6-13-14(2)7-8/h6-7,9H,3-5H2,1-2H3,(H,12,15). The molecule has 1 amide bonds. The van der Waals surface area contributed by atoms with E-state index in [9.17, 15) is 4.79 Å². The Labute approximate surface area is 98.2 Å². The summed E-state index contributed by atoms with van der Waals surface area (Å²) in [5, 5.41) is 6.80. The molecule has 0 aliphatic carbocycles. The molecule has 5 heteroatoms. The molecule has 1 heterocycles. The van der Waals surface area contributed by atoms with Gasteiger partial charge in [0.15, 0.2) is 0 Å². The molecule has 0 aromatic carbocycles. The van der Waals surface area contributed by atoms with Crippen LogP contribution < -0.4 is 5.32 Å². The Bertz CT molecular complexity index is 324. The van der Waals surface area contributed by atoms with Crippen molar-refractivity contribution in [1.82, 2.24) is 15.1 Å². The SMILES string of the molecule is CCC(Br)CCNC(=O)c1cnn(C)c1. The van der Waals surface area contributed by atoms with Crippen LogP contribution in [-0.2, 0) is 7.05 Å². The van der Waals surface area contributed by atoms with Gasteiger partial charge in [0.2, 0.25) is 0 Å². The molecule has 15 heavy (non-hydrogen) atoms. The lowest BCUT2D eigenvalue weighted by Crippen LogP contribution is -2.25. The number of aryl methyl sites for hydroxylation is 1. The summed E-state index contributed by atoms with van der Waals surface area (Å²) in [7, 11) is 1.79. The van der Waals surface area contributed by atoms with Crippen LogP contribution in [0.1, 0.15) is 30.1 Å². The highest BCUT2D eigenvalue weighted by Crippen LogP contribution is 2.07. The lowest BCUT2D eigenvalue weighted by Gasteiger charge is -2.06. The van der Waals surface area contributed by atoms with E-state index in [1.165, 1.54) is 0 Å². The zero-order chi connectivity index (χ0) is 11.3. The van der Waals surface area contributed by atoms with Crippen molar-refractivity contribution in [2.24, 2.45) is 7.05 Å². The summed E-state index contributed by atoms with van der Waals surface area (Å²) < 4.78 is 1.62. The fraction of sp³-hybridized carbons (Fsp3) is 0.600. The van der Waals surface area contributed by atoms with E-state index in [2.05, 4.69) is 33.3 Å². The Morgan fingerprint density at radius 3 is 3.00 bits per heavy atom. The maximum absolute atomic E-state index is 11.5. The first-order chi connectivity index (χ1) is 7.13. The molecule has 1 unspecified atom stereocenters. The lowest BCUT2D eigenvalue weighted by atomic mass is 10.2. The van der Waals surface area contributed by atoms with E-state index in [1.54, 1.807) is 24.1 Å². The molecule has 1 aromatic heterocycles. The van der Waals surface area contributed by atoms with Crippen LogP contribution in [0.3, 0.4) is 0 Å². The average molecular weight is 274 g/mol. The highest BCUT2D eigenvalue weighted by atomic mass is 79.9. The maximum atomic E-state index is 11.5. The van der Waals surface area contributed by atoms with Crippen molar-refractivity contribution in [3.8, 4) is 0 Å². The molecule has 1 aromatic rings. The quantitative estimate of drug-likeness (QED) is 0.831. The Hall–Kier alpha value is -0.840. The van der Waals surface area contributed by atoms with Gasteiger partial charge in [-0.3, -0.25) is 9.48 Å². The number of nitrogens with one attached hydrogen (secondary N) is 1. The monoisotopic (exact) mass is 273 g/mol. The number of amides is 1. The summed E-state index contributed by atoms with van der Waals surface area (Å²) in [6, 6.07) is 0. The molecule has 0 fully saturated rings. The number of rotatable bonds is 5. The summed E-state index contributed by atoms with van der Waals surface area (Å²) >= 11 is 3.52. The summed E-state index contributed by atoms with van der Waals surface area (Å²) in [5.41, 5.74) is 0.611. The third kappa shape index (κ3) is 4.03. The van der Waals surface area contributed by atoms with Crippen molar-refractivity contribution in [1.29, 1.82) is 0 Å². The zero-order valence-corrected chi connectivity index (χ0v) is 10.6. The molecular weight excluding hydrogens is 258 g/mol. The van der Waals surface area contributed by atoms with Crippen molar-refractivity contribution in [2.45, 2.75) is 24.6 Å². The number of hydrogen-bond acceptors (Lipinski definition) is 2. The van der Waals surface area contributed by atoms with E-state index < -0.39 is 0 Å². The Morgan fingerprint density at radius 2 is 2.47 bits per heavy atom. The predicted molar refractivity (Wildman–Crippen MR) is 63.2 cm³/mol. The van der Waals surface area contributed by atoms with E-state index in [0.29, 0.717) is 16.9 Å². The average Bonchev–Trinajstić information content (AvgIpc) is 2.64. The number of nitrogens with zero attached hydrogens (tertiary/aromatic N) is 2. The van der Waals surface area contributed by atoms with E-state index in [-0.39, 0.29) is 5.91 Å². The molecule has 1 N–H and O–H groups in total. The molecule has 0 saturated heterocycles. The normalized spacial score (nSPS) is 12.5. The minimum atomic E-state index is -0.0566. The largest absolute Gasteiger partial charge is 0.352 e. The first-order valence-electron chi connectivity index (χ1n) is 5.04. The van der Waals surface area contributed by atoms with Crippen LogP contribution in [0.5, 0.6) is 0 Å². The second kappa shape index (κ2) is 5.90. The van der Waals surface area contributed by atoms with Gasteiger partial charge in [-0.1, -0.05) is 22.9 Å². The van der Waals surface area contributed by atoms with Crippen LogP contribution in [0.25, 0.3) is 0 Å². The molecule has 4 nitrogen and oxygen atoms in total. The van der Waals surface area contributed by atoms with Crippen molar-refractivity contribution in [3.63, 3.8) is 0 Å². The molecule has 0 aliphatic rings. The highest BCUT2D eigenvalue weighted by molar-refractivity contribution is 9.09. The first-order valence-corrected chi connectivity index (χ1v) is 5.96. The molecule has 0 aliphatic heterocycles. The van der Waals surface area contributed by atoms with Crippen LogP contribution in [-0.4, -0.2) is 27.1 Å². The van der Waals surface area contributed by atoms with E-state index in [0.717, 1.165) is 12.8 Å². The zero-order valence-electron chi connectivity index (χ0n) is 9.03. The van der Waals surface area contributed by atoms with Gasteiger partial charge in [-0.15, -0.1) is 0 Å². The van der Waals surface area contributed by atoms with Crippen LogP contribution in [0.15, 0.2) is 12.4 Å². The fourth-order valence-corrected chi connectivity index (χ4v) is 1.42. The number of carbonyl (C=O) groups excluding carboxylic acids is 1. The Balaban J connectivity index is 2.31. The van der Waals surface area contributed by atoms with Crippen LogP contribution in [0.2, 0.25) is 0 Å². The summed E-state index contributed by atoms with van der Waals surface area (Å²) in [6.45, 7) is 2.81. The highest BCUT2D eigenvalue weighted by Gasteiger charge is 2.07. The Morgan fingerprint density at radius 1 is 1.73 bits per heavy atom. The molecule has 0 radical (unpaired) electrons. The molecule has 1 atom stereocenters. The summed E-state index contributed by atoms with van der Waals surface area (Å²) in [4.78, 5) is 12.0. The Kier molecular flexibility index (Phi) is 4.81. The molecule has 0 spiro atoms. The minimum absolute atomic E-state index is 0.0566. The predicted octanol–water partition coefficient (Wildman–Crippen LogP) is 1.71. The number of hydrogen-bond donors (Lipinski definition) is 1. The van der Waals surface area contributed by atoms with Gasteiger partial charge in [-0.2, -0.15) is 5.10 Å². The smallest absolute Gasteiger partial charge is 0.254 e. The van der Waals surface area contributed by atoms with E-state index in [4.69, 9.17) is 0 Å². The number of halogens is 1. The number of aromatic nitrogens is 2. The van der Waals surface area contributed by atoms with E-state index in [1.807, 2.05) is 0 Å². The topological polar surface area (TPSA) is 46.9 Å². The van der Waals surface area contributed by atoms with Gasteiger partial charge in [-0.05, 0) is 12.8 Å². The van der Waals surface area contributed by atoms with Gasteiger partial charge < -0.3 is 5.32 Å². The van der Waals surface area contributed by atoms with Crippen molar-refractivity contribution < 1.29 is 4.79 Å². The van der Waals surface area contributed by atoms with Crippen LogP contribution >= 0.6 is 15.9 Å². The van der Waals surface area contributed by atoms with Gasteiger partial charge in [-0.25, -0.2) is 0 Å². The van der Waals surface area contributed by atoms with Gasteiger partial charge in [0.05, 0.1) is 11.8 Å². The number of alkyl halides is 1. The fourth-order valence-electron chi connectivity index (χ4n) is 1.19. The van der Waals surface area contributed by atoms with Gasteiger partial charge in [0, 0.05) is 24.6 Å². The van der Waals surface area contributed by atoms with Crippen LogP contribution in [0, 0.1) is 0 Å². The number of carbonyl (C=O) groups is 1. The second-order valence-electron chi connectivity index (χ2n) is 3.45. The lowest BCUT2D eigenvalue weighted by molar-refractivity contribution is 0.0953. The third-order valence-corrected chi connectivity index (χ3v) is 3.26. The van der Waals surface area contributed by atoms with E-state index >= 15 is 0 Å². The summed E-state index contributed by atoms with van der Waals surface area (Å²) in [5.74, 6) is -0.0566. The van der Waals surface area contributed by atoms with Crippen molar-refractivity contribution in [2.75, 3.05) is 6.54 Å². The minimum Gasteiger partial charge on any atom is -0.352 e. The second-order valence-corrected chi connectivity index (χ2v) is 4.75. The van der Waals surface area contributed by atoms with Crippen molar-refractivity contribution >= 4 is 21.8 Å². The van der Waals surface area contributed by atoms with Crippen LogP contribution in [0.4, 0.5) is 0 Å². The first kappa shape index (κ1) is 12.2. The molecule has 1 rings (SSSR count). The van der Waals surface area contributed by atoms with Gasteiger partial charge in [0.25, 0.3) is 5.91 Å². The summed E-state index contributed by atoms with van der Waals surface area (Å²) in [6.07, 6.45) is 5.30. The molecular formula is C10H16BrN3O. The van der Waals surface area contributed by atoms with Gasteiger partial charge >= 0.3 is 0 Å². The third-order valence-electron chi connectivity index (χ3n) is 2.15. The van der Waals surface area contributed by atoms with Crippen molar-refractivity contribution in [3.05, 3.63) is 18.0 Å². The van der Waals surface area contributed by atoms with Gasteiger partial charge in [0.1, 0.15) is 0 Å². The molecule has 0 bridgehead atoms. The maximum Gasteiger partial charge on any atom is 0.254 e. The molecule has 0 saturated carbocycles.